The molecule has 124 valence electrons. The van der Waals surface area contributed by atoms with Crippen molar-refractivity contribution in [2.45, 2.75) is 25.4 Å². The first-order chi connectivity index (χ1) is 11.7. The molecule has 6 nitrogen and oxygen atoms in total. The summed E-state index contributed by atoms with van der Waals surface area (Å²) in [6.45, 7) is 1.67. The fourth-order valence-electron chi connectivity index (χ4n) is 3.24. The fourth-order valence-corrected chi connectivity index (χ4v) is 3.43. The molecule has 0 aliphatic carbocycles. The highest BCUT2D eigenvalue weighted by Gasteiger charge is 2.28. The minimum absolute atomic E-state index is 0.361. The molecular weight excluding hydrogens is 326 g/mol. The van der Waals surface area contributed by atoms with Crippen molar-refractivity contribution in [3.63, 3.8) is 0 Å². The van der Waals surface area contributed by atoms with Crippen molar-refractivity contribution in [1.82, 2.24) is 24.8 Å². The Hall–Kier alpha value is -2.18. The van der Waals surface area contributed by atoms with Crippen molar-refractivity contribution in [2.24, 2.45) is 7.05 Å². The van der Waals surface area contributed by atoms with Gasteiger partial charge in [0.15, 0.2) is 0 Å². The van der Waals surface area contributed by atoms with Gasteiger partial charge in [-0.15, -0.1) is 0 Å². The Bertz CT molecular complexity index is 843. The van der Waals surface area contributed by atoms with E-state index in [2.05, 4.69) is 26.3 Å². The van der Waals surface area contributed by atoms with Gasteiger partial charge < -0.3 is 4.52 Å². The normalized spacial score (nSPS) is 18.3. The fraction of sp³-hybridized carbons (Fsp3) is 0.353. The molecule has 1 aliphatic heterocycles. The summed E-state index contributed by atoms with van der Waals surface area (Å²) < 4.78 is 7.29. The standard InChI is InChI=1S/C17H18ClN5O/c1-22-10-13(9-19-22)15-6-3-7-23(15)11-16-20-17(21-24-16)12-4-2-5-14(18)8-12/h2,4-5,8-10,15H,3,6-7,11H2,1H3. The van der Waals surface area contributed by atoms with Crippen molar-refractivity contribution in [3.05, 3.63) is 53.1 Å². The Morgan fingerprint density at radius 3 is 3.08 bits per heavy atom. The number of aromatic nitrogens is 4. The molecule has 1 aromatic carbocycles. The number of hydrogen-bond donors (Lipinski definition) is 0. The van der Waals surface area contributed by atoms with Gasteiger partial charge in [0.2, 0.25) is 11.7 Å². The smallest absolute Gasteiger partial charge is 0.241 e. The third kappa shape index (κ3) is 3.07. The summed E-state index contributed by atoms with van der Waals surface area (Å²) in [6, 6.07) is 7.83. The number of benzene rings is 1. The summed E-state index contributed by atoms with van der Waals surface area (Å²) in [6.07, 6.45) is 6.30. The van der Waals surface area contributed by atoms with Gasteiger partial charge in [0.05, 0.1) is 12.7 Å². The van der Waals surface area contributed by atoms with Gasteiger partial charge in [0.25, 0.3) is 0 Å². The average molecular weight is 344 g/mol. The zero-order valence-electron chi connectivity index (χ0n) is 13.4. The van der Waals surface area contributed by atoms with Crippen molar-refractivity contribution in [3.8, 4) is 11.4 Å². The highest BCUT2D eigenvalue weighted by Crippen LogP contribution is 2.32. The number of halogens is 1. The van der Waals surface area contributed by atoms with E-state index in [4.69, 9.17) is 16.1 Å². The third-order valence-corrected chi connectivity index (χ3v) is 4.60. The molecule has 0 radical (unpaired) electrons. The number of rotatable bonds is 4. The van der Waals surface area contributed by atoms with Crippen molar-refractivity contribution >= 4 is 11.6 Å². The van der Waals surface area contributed by atoms with E-state index in [0.29, 0.717) is 29.3 Å². The van der Waals surface area contributed by atoms with E-state index in [9.17, 15) is 0 Å². The van der Waals surface area contributed by atoms with E-state index >= 15 is 0 Å². The lowest BCUT2D eigenvalue weighted by Gasteiger charge is -2.21. The molecular formula is C17H18ClN5O. The topological polar surface area (TPSA) is 60.0 Å². The van der Waals surface area contributed by atoms with Crippen molar-refractivity contribution < 1.29 is 4.52 Å². The SMILES string of the molecule is Cn1cc(C2CCCN2Cc2nc(-c3cccc(Cl)c3)no2)cn1. The van der Waals surface area contributed by atoms with E-state index < -0.39 is 0 Å². The number of aryl methyl sites for hydroxylation is 1. The molecule has 0 amide bonds. The maximum Gasteiger partial charge on any atom is 0.241 e. The Morgan fingerprint density at radius 1 is 1.38 bits per heavy atom. The first-order valence-electron chi connectivity index (χ1n) is 8.00. The first kappa shape index (κ1) is 15.4. The highest BCUT2D eigenvalue weighted by molar-refractivity contribution is 6.30. The maximum atomic E-state index is 6.03. The van der Waals surface area contributed by atoms with E-state index in [0.717, 1.165) is 24.9 Å². The zero-order chi connectivity index (χ0) is 16.5. The summed E-state index contributed by atoms with van der Waals surface area (Å²) >= 11 is 6.03. The molecule has 0 bridgehead atoms. The molecule has 7 heteroatoms. The molecule has 1 saturated heterocycles. The molecule has 0 N–H and O–H groups in total. The molecule has 1 aliphatic rings. The molecule has 24 heavy (non-hydrogen) atoms. The lowest BCUT2D eigenvalue weighted by atomic mass is 10.1. The van der Waals surface area contributed by atoms with Crippen molar-refractivity contribution in [2.75, 3.05) is 6.54 Å². The van der Waals surface area contributed by atoms with Crippen LogP contribution in [0, 0.1) is 0 Å². The Kier molecular flexibility index (Phi) is 4.08. The minimum Gasteiger partial charge on any atom is -0.338 e. The van der Waals surface area contributed by atoms with Crippen LogP contribution in [0.4, 0.5) is 0 Å². The third-order valence-electron chi connectivity index (χ3n) is 4.36. The van der Waals surface area contributed by atoms with Crippen LogP contribution in [-0.2, 0) is 13.6 Å². The molecule has 2 aromatic heterocycles. The van der Waals surface area contributed by atoms with Gasteiger partial charge in [-0.25, -0.2) is 0 Å². The van der Waals surface area contributed by atoms with Crippen LogP contribution >= 0.6 is 11.6 Å². The molecule has 0 spiro atoms. The lowest BCUT2D eigenvalue weighted by Crippen LogP contribution is -2.22. The van der Waals surface area contributed by atoms with E-state index in [1.165, 1.54) is 5.56 Å². The summed E-state index contributed by atoms with van der Waals surface area (Å²) in [5, 5.41) is 9.03. The van der Waals surface area contributed by atoms with Crippen LogP contribution in [0.2, 0.25) is 5.02 Å². The number of nitrogens with zero attached hydrogens (tertiary/aromatic N) is 5. The van der Waals surface area contributed by atoms with Crippen LogP contribution in [-0.4, -0.2) is 31.4 Å². The van der Waals surface area contributed by atoms with Crippen LogP contribution in [0.3, 0.4) is 0 Å². The van der Waals surface area contributed by atoms with Crippen LogP contribution in [0.25, 0.3) is 11.4 Å². The van der Waals surface area contributed by atoms with Crippen LogP contribution < -0.4 is 0 Å². The first-order valence-corrected chi connectivity index (χ1v) is 8.38. The number of hydrogen-bond acceptors (Lipinski definition) is 5. The predicted molar refractivity (Wildman–Crippen MR) is 90.3 cm³/mol. The molecule has 1 fully saturated rings. The molecule has 1 unspecified atom stereocenters. The Balaban J connectivity index is 1.51. The maximum absolute atomic E-state index is 6.03. The summed E-state index contributed by atoms with van der Waals surface area (Å²) in [4.78, 5) is 6.89. The Morgan fingerprint density at radius 2 is 2.29 bits per heavy atom. The van der Waals surface area contributed by atoms with Gasteiger partial charge in [0, 0.05) is 35.4 Å². The molecule has 3 heterocycles. The monoisotopic (exact) mass is 343 g/mol. The largest absolute Gasteiger partial charge is 0.338 e. The van der Waals surface area contributed by atoms with E-state index in [-0.39, 0.29) is 0 Å². The van der Waals surface area contributed by atoms with Gasteiger partial charge in [-0.2, -0.15) is 10.1 Å². The Labute approximate surface area is 145 Å². The van der Waals surface area contributed by atoms with Gasteiger partial charge in [0.1, 0.15) is 0 Å². The molecule has 4 rings (SSSR count). The lowest BCUT2D eigenvalue weighted by molar-refractivity contribution is 0.212. The molecule has 1 atom stereocenters. The van der Waals surface area contributed by atoms with Crippen LogP contribution in [0.1, 0.15) is 30.3 Å². The minimum atomic E-state index is 0.361. The van der Waals surface area contributed by atoms with Gasteiger partial charge in [-0.05, 0) is 31.5 Å². The van der Waals surface area contributed by atoms with Gasteiger partial charge in [-0.3, -0.25) is 9.58 Å². The second-order valence-corrected chi connectivity index (χ2v) is 6.53. The summed E-state index contributed by atoms with van der Waals surface area (Å²) in [7, 11) is 1.94. The van der Waals surface area contributed by atoms with Gasteiger partial charge in [-0.1, -0.05) is 28.9 Å². The van der Waals surface area contributed by atoms with Crippen LogP contribution in [0.5, 0.6) is 0 Å². The van der Waals surface area contributed by atoms with E-state index in [1.54, 1.807) is 0 Å². The van der Waals surface area contributed by atoms with Gasteiger partial charge >= 0.3 is 0 Å². The predicted octanol–water partition coefficient (Wildman–Crippen LogP) is 3.46. The average Bonchev–Trinajstić information content (AvgIpc) is 3.28. The second-order valence-electron chi connectivity index (χ2n) is 6.10. The molecule has 0 saturated carbocycles. The summed E-state index contributed by atoms with van der Waals surface area (Å²) in [5.74, 6) is 1.20. The second kappa shape index (κ2) is 6.37. The number of likely N-dealkylation sites (tertiary alicyclic amines) is 1. The highest BCUT2D eigenvalue weighted by atomic mass is 35.5. The summed E-state index contributed by atoms with van der Waals surface area (Å²) in [5.41, 5.74) is 2.10. The van der Waals surface area contributed by atoms with E-state index in [1.807, 2.05) is 42.2 Å². The molecule has 3 aromatic rings. The zero-order valence-corrected chi connectivity index (χ0v) is 14.1. The van der Waals surface area contributed by atoms with Crippen molar-refractivity contribution in [1.29, 1.82) is 0 Å². The van der Waals surface area contributed by atoms with Crippen LogP contribution in [0.15, 0.2) is 41.2 Å². The quantitative estimate of drug-likeness (QED) is 0.726.